The Morgan fingerprint density at radius 1 is 1.33 bits per heavy atom. The van der Waals surface area contributed by atoms with Crippen LogP contribution in [0.4, 0.5) is 0 Å². The maximum Gasteiger partial charge on any atom is -0.00262 e. The van der Waals surface area contributed by atoms with Crippen molar-refractivity contribution in [1.29, 1.82) is 0 Å². The third-order valence-corrected chi connectivity index (χ3v) is 4.04. The quantitative estimate of drug-likeness (QED) is 0.584. The van der Waals surface area contributed by atoms with Crippen molar-refractivity contribution in [1.82, 2.24) is 0 Å². The summed E-state index contributed by atoms with van der Waals surface area (Å²) < 4.78 is 0. The lowest BCUT2D eigenvalue weighted by molar-refractivity contribution is 0.173. The first kappa shape index (κ1) is 10.8. The third-order valence-electron chi connectivity index (χ3n) is 4.04. The summed E-state index contributed by atoms with van der Waals surface area (Å²) in [6.07, 6.45) is 10.6. The Kier molecular flexibility index (Phi) is 3.17. The molecule has 0 spiro atoms. The molecule has 0 amide bonds. The van der Waals surface area contributed by atoms with Gasteiger partial charge in [-0.15, -0.1) is 5.73 Å². The fourth-order valence-corrected chi connectivity index (χ4v) is 3.13. The van der Waals surface area contributed by atoms with E-state index in [1.54, 1.807) is 0 Å². The van der Waals surface area contributed by atoms with Gasteiger partial charge in [-0.05, 0) is 48.2 Å². The van der Waals surface area contributed by atoms with Gasteiger partial charge in [0.1, 0.15) is 0 Å². The van der Waals surface area contributed by atoms with Crippen LogP contribution in [0.5, 0.6) is 0 Å². The van der Waals surface area contributed by atoms with Crippen molar-refractivity contribution in [2.75, 3.05) is 0 Å². The first-order chi connectivity index (χ1) is 7.18. The summed E-state index contributed by atoms with van der Waals surface area (Å²) in [6, 6.07) is 0. The van der Waals surface area contributed by atoms with Gasteiger partial charge in [0.05, 0.1) is 0 Å². The zero-order valence-corrected chi connectivity index (χ0v) is 10.2. The van der Waals surface area contributed by atoms with Crippen LogP contribution >= 0.6 is 0 Å². The first-order valence-electron chi connectivity index (χ1n) is 6.31. The van der Waals surface area contributed by atoms with Gasteiger partial charge in [-0.25, -0.2) is 0 Å². The molecule has 2 rings (SSSR count). The predicted octanol–water partition coefficient (Wildman–Crippen LogP) is 4.35. The molecule has 0 aromatic carbocycles. The summed E-state index contributed by atoms with van der Waals surface area (Å²) in [5, 5.41) is 0. The highest BCUT2D eigenvalue weighted by atomic mass is 14.4. The Hall–Kier alpha value is -0.740. The molecule has 0 heteroatoms. The van der Waals surface area contributed by atoms with Gasteiger partial charge in [-0.2, -0.15) is 0 Å². The molecule has 82 valence electrons. The second-order valence-corrected chi connectivity index (χ2v) is 5.56. The maximum absolute atomic E-state index is 3.41. The van der Waals surface area contributed by atoms with Gasteiger partial charge in [0.15, 0.2) is 0 Å². The summed E-state index contributed by atoms with van der Waals surface area (Å²) in [7, 11) is 0. The molecule has 3 atom stereocenters. The molecule has 0 aromatic rings. The van der Waals surface area contributed by atoms with E-state index >= 15 is 0 Å². The van der Waals surface area contributed by atoms with E-state index in [0.717, 1.165) is 23.7 Å². The molecule has 0 heterocycles. The molecule has 2 aliphatic rings. The molecule has 0 aliphatic heterocycles. The first-order valence-corrected chi connectivity index (χ1v) is 6.31. The van der Waals surface area contributed by atoms with Gasteiger partial charge >= 0.3 is 0 Å². The largest absolute Gasteiger partial charge is 0.117 e. The molecule has 0 unspecified atom stereocenters. The second kappa shape index (κ2) is 4.41. The molecular weight excluding hydrogens is 180 g/mol. The number of hydrogen-bond donors (Lipinski definition) is 0. The van der Waals surface area contributed by atoms with Crippen LogP contribution in [0.1, 0.15) is 40.0 Å². The van der Waals surface area contributed by atoms with Crippen LogP contribution in [0.15, 0.2) is 29.5 Å². The average molecular weight is 202 g/mol. The highest BCUT2D eigenvalue weighted by molar-refractivity contribution is 5.31. The molecule has 1 fully saturated rings. The van der Waals surface area contributed by atoms with E-state index < -0.39 is 0 Å². The van der Waals surface area contributed by atoms with Crippen LogP contribution in [0.25, 0.3) is 0 Å². The minimum atomic E-state index is 0.767. The van der Waals surface area contributed by atoms with Gasteiger partial charge in [0, 0.05) is 0 Å². The lowest BCUT2D eigenvalue weighted by atomic mass is 9.67. The molecule has 0 radical (unpaired) electrons. The van der Waals surface area contributed by atoms with Crippen molar-refractivity contribution in [3.05, 3.63) is 29.5 Å². The molecule has 2 aliphatic carbocycles. The van der Waals surface area contributed by atoms with E-state index in [4.69, 9.17) is 0 Å². The van der Waals surface area contributed by atoms with Crippen molar-refractivity contribution < 1.29 is 0 Å². The SMILES string of the molecule is CC(C)[C@@H]1CC[C@@H](C)C[C@H]1C1=C=CC=C1. The topological polar surface area (TPSA) is 0 Å². The van der Waals surface area contributed by atoms with Gasteiger partial charge in [0.2, 0.25) is 0 Å². The number of rotatable bonds is 2. The van der Waals surface area contributed by atoms with Crippen LogP contribution in [-0.4, -0.2) is 0 Å². The minimum Gasteiger partial charge on any atom is -0.117 e. The Morgan fingerprint density at radius 2 is 2.13 bits per heavy atom. The fraction of sp³-hybridized carbons (Fsp3) is 0.667. The van der Waals surface area contributed by atoms with Crippen molar-refractivity contribution in [3.8, 4) is 0 Å². The van der Waals surface area contributed by atoms with E-state index in [-0.39, 0.29) is 0 Å². The molecule has 0 nitrogen and oxygen atoms in total. The molecule has 15 heavy (non-hydrogen) atoms. The van der Waals surface area contributed by atoms with Crippen LogP contribution in [0.3, 0.4) is 0 Å². The van der Waals surface area contributed by atoms with Gasteiger partial charge in [-0.3, -0.25) is 0 Å². The zero-order valence-electron chi connectivity index (χ0n) is 10.2. The molecule has 1 saturated carbocycles. The molecule has 0 saturated heterocycles. The van der Waals surface area contributed by atoms with Crippen molar-refractivity contribution in [3.63, 3.8) is 0 Å². The Balaban J connectivity index is 2.17. The van der Waals surface area contributed by atoms with Crippen LogP contribution < -0.4 is 0 Å². The van der Waals surface area contributed by atoms with E-state index in [9.17, 15) is 0 Å². The highest BCUT2D eigenvalue weighted by Crippen LogP contribution is 2.42. The molecule has 0 aromatic heterocycles. The summed E-state index contributed by atoms with van der Waals surface area (Å²) in [6.45, 7) is 7.14. The van der Waals surface area contributed by atoms with Crippen molar-refractivity contribution >= 4 is 0 Å². The van der Waals surface area contributed by atoms with Crippen molar-refractivity contribution in [2.24, 2.45) is 23.7 Å². The van der Waals surface area contributed by atoms with E-state index in [0.29, 0.717) is 0 Å². The monoisotopic (exact) mass is 202 g/mol. The summed E-state index contributed by atoms with van der Waals surface area (Å²) in [5.41, 5.74) is 4.87. The van der Waals surface area contributed by atoms with Gasteiger partial charge in [0.25, 0.3) is 0 Å². The standard InChI is InChI=1S/C15H22/c1-11(2)14-9-8-12(3)10-15(14)13-6-4-5-7-13/h4-6,11-12,14-15H,8-10H2,1-3H3/t12-,14+,15+/m1/s1. The van der Waals surface area contributed by atoms with Crippen LogP contribution in [0.2, 0.25) is 0 Å². The van der Waals surface area contributed by atoms with Gasteiger partial charge < -0.3 is 0 Å². The fourth-order valence-electron chi connectivity index (χ4n) is 3.13. The van der Waals surface area contributed by atoms with Gasteiger partial charge in [-0.1, -0.05) is 39.3 Å². The minimum absolute atomic E-state index is 0.767. The Labute approximate surface area is 93.8 Å². The number of allylic oxidation sites excluding steroid dienone is 3. The normalized spacial score (nSPS) is 34.9. The lowest BCUT2D eigenvalue weighted by Gasteiger charge is -2.37. The van der Waals surface area contributed by atoms with Crippen LogP contribution in [0, 0.1) is 23.7 Å². The van der Waals surface area contributed by atoms with E-state index in [1.165, 1.54) is 24.8 Å². The van der Waals surface area contributed by atoms with E-state index in [1.807, 2.05) is 0 Å². The van der Waals surface area contributed by atoms with Crippen molar-refractivity contribution in [2.45, 2.75) is 40.0 Å². The predicted molar refractivity (Wildman–Crippen MR) is 65.6 cm³/mol. The van der Waals surface area contributed by atoms with E-state index in [2.05, 4.69) is 44.7 Å². The molecular formula is C15H22. The summed E-state index contributed by atoms with van der Waals surface area (Å²) >= 11 is 0. The average Bonchev–Trinajstić information content (AvgIpc) is 2.69. The maximum atomic E-state index is 3.41. The Bertz CT molecular complexity index is 313. The number of hydrogen-bond acceptors (Lipinski definition) is 0. The summed E-state index contributed by atoms with van der Waals surface area (Å²) in [4.78, 5) is 0. The molecule has 0 bridgehead atoms. The lowest BCUT2D eigenvalue weighted by Crippen LogP contribution is -2.28. The highest BCUT2D eigenvalue weighted by Gasteiger charge is 2.32. The van der Waals surface area contributed by atoms with Crippen LogP contribution in [-0.2, 0) is 0 Å². The smallest absolute Gasteiger partial charge is 0.00262 e. The summed E-state index contributed by atoms with van der Waals surface area (Å²) in [5.74, 6) is 3.35. The molecule has 0 N–H and O–H groups in total. The zero-order chi connectivity index (χ0) is 10.8. The Morgan fingerprint density at radius 3 is 2.73 bits per heavy atom. The second-order valence-electron chi connectivity index (χ2n) is 5.56. The third kappa shape index (κ3) is 2.26.